The Balaban J connectivity index is 1.93. The Kier molecular flexibility index (Phi) is 4.49. The fourth-order valence-corrected chi connectivity index (χ4v) is 3.39. The van der Waals surface area contributed by atoms with Crippen molar-refractivity contribution in [2.24, 2.45) is 4.99 Å². The van der Waals surface area contributed by atoms with Gasteiger partial charge in [-0.15, -0.1) is 0 Å². The summed E-state index contributed by atoms with van der Waals surface area (Å²) in [6, 6.07) is 16.2. The summed E-state index contributed by atoms with van der Waals surface area (Å²) in [5, 5.41) is 0.740. The van der Waals surface area contributed by atoms with Crippen LogP contribution in [-0.2, 0) is 0 Å². The maximum atomic E-state index is 6.10. The van der Waals surface area contributed by atoms with Gasteiger partial charge in [-0.3, -0.25) is 9.98 Å². The van der Waals surface area contributed by atoms with Crippen LogP contribution in [0.3, 0.4) is 0 Å². The predicted octanol–water partition coefficient (Wildman–Crippen LogP) is 5.15. The smallest absolute Gasteiger partial charge is 0.0701 e. The Morgan fingerprint density at radius 3 is 2.64 bits per heavy atom. The summed E-state index contributed by atoms with van der Waals surface area (Å²) in [5.41, 5.74) is 6.78. The number of nitrogens with zero attached hydrogens (tertiary/aromatic N) is 2. The lowest BCUT2D eigenvalue weighted by Crippen LogP contribution is -2.14. The predicted molar refractivity (Wildman–Crippen MR) is 103 cm³/mol. The van der Waals surface area contributed by atoms with Crippen LogP contribution < -0.4 is 0 Å². The maximum absolute atomic E-state index is 6.10. The van der Waals surface area contributed by atoms with Gasteiger partial charge in [-0.25, -0.2) is 0 Å². The molecular weight excluding hydrogens is 330 g/mol. The zero-order valence-electron chi connectivity index (χ0n) is 13.7. The highest BCUT2D eigenvalue weighted by molar-refractivity contribution is 6.30. The molecule has 0 saturated heterocycles. The highest BCUT2D eigenvalue weighted by atomic mass is 35.5. The number of hydrogen-bond donors (Lipinski definition) is 1. The lowest BCUT2D eigenvalue weighted by molar-refractivity contribution is 0.816. The van der Waals surface area contributed by atoms with Crippen molar-refractivity contribution in [2.45, 2.75) is 12.8 Å². The summed E-state index contributed by atoms with van der Waals surface area (Å²) in [5.74, 6) is 0. The van der Waals surface area contributed by atoms with Crippen molar-refractivity contribution in [1.82, 2.24) is 9.97 Å². The van der Waals surface area contributed by atoms with E-state index in [2.05, 4.69) is 34.2 Å². The molecular formula is C21H18ClN3. The molecule has 4 heteroatoms. The van der Waals surface area contributed by atoms with E-state index in [1.807, 2.05) is 36.7 Å². The van der Waals surface area contributed by atoms with Gasteiger partial charge in [-0.2, -0.15) is 0 Å². The van der Waals surface area contributed by atoms with Gasteiger partial charge < -0.3 is 4.98 Å². The van der Waals surface area contributed by atoms with Gasteiger partial charge in [-0.05, 0) is 60.4 Å². The van der Waals surface area contributed by atoms with E-state index in [0.29, 0.717) is 0 Å². The van der Waals surface area contributed by atoms with Gasteiger partial charge in [0.1, 0.15) is 0 Å². The summed E-state index contributed by atoms with van der Waals surface area (Å²) in [6.45, 7) is 0.854. The van der Waals surface area contributed by atoms with Gasteiger partial charge >= 0.3 is 0 Å². The van der Waals surface area contributed by atoms with Gasteiger partial charge in [-0.1, -0.05) is 23.7 Å². The number of nitrogens with one attached hydrogen (secondary N) is 1. The summed E-state index contributed by atoms with van der Waals surface area (Å²) >= 11 is 6.10. The molecule has 0 bridgehead atoms. The molecule has 0 saturated carbocycles. The third kappa shape index (κ3) is 3.28. The topological polar surface area (TPSA) is 41.0 Å². The highest BCUT2D eigenvalue weighted by Gasteiger charge is 2.21. The molecule has 25 heavy (non-hydrogen) atoms. The van der Waals surface area contributed by atoms with Gasteiger partial charge in [0.25, 0.3) is 0 Å². The lowest BCUT2D eigenvalue weighted by atomic mass is 9.87. The Morgan fingerprint density at radius 1 is 1.04 bits per heavy atom. The Labute approximate surface area is 152 Å². The zero-order valence-corrected chi connectivity index (χ0v) is 14.5. The average Bonchev–Trinajstić information content (AvgIpc) is 3.19. The van der Waals surface area contributed by atoms with Crippen LogP contribution in [0.2, 0.25) is 5.02 Å². The van der Waals surface area contributed by atoms with Crippen molar-refractivity contribution in [3.8, 4) is 0 Å². The number of allylic oxidation sites excluding steroid dienone is 1. The quantitative estimate of drug-likeness (QED) is 0.699. The molecule has 0 unspecified atom stereocenters. The van der Waals surface area contributed by atoms with E-state index in [0.717, 1.165) is 46.9 Å². The van der Waals surface area contributed by atoms with Crippen LogP contribution in [0.5, 0.6) is 0 Å². The van der Waals surface area contributed by atoms with Crippen LogP contribution in [0.4, 0.5) is 0 Å². The van der Waals surface area contributed by atoms with Crippen LogP contribution in [0.15, 0.2) is 77.7 Å². The number of benzene rings is 1. The van der Waals surface area contributed by atoms with Gasteiger partial charge in [0.2, 0.25) is 0 Å². The molecule has 1 aliphatic heterocycles. The van der Waals surface area contributed by atoms with Crippen LogP contribution in [0.1, 0.15) is 29.7 Å². The van der Waals surface area contributed by atoms with Crippen molar-refractivity contribution >= 4 is 22.9 Å². The average molecular weight is 348 g/mol. The fraction of sp³-hybridized carbons (Fsp3) is 0.143. The summed E-state index contributed by atoms with van der Waals surface area (Å²) in [7, 11) is 0. The number of aliphatic imine (C=N–C) groups is 1. The number of H-pyrrole nitrogens is 1. The minimum atomic E-state index is 0.740. The van der Waals surface area contributed by atoms with E-state index >= 15 is 0 Å². The monoisotopic (exact) mass is 347 g/mol. The molecule has 0 spiro atoms. The molecule has 1 aliphatic rings. The van der Waals surface area contributed by atoms with Gasteiger partial charge in [0.05, 0.1) is 5.71 Å². The lowest BCUT2D eigenvalue weighted by Gasteiger charge is -2.21. The SMILES string of the molecule is Clc1ccc(C(=C2CCCN=C2c2cccnc2)c2ccc[nH]2)cc1. The maximum Gasteiger partial charge on any atom is 0.0701 e. The second-order valence-corrected chi connectivity index (χ2v) is 6.46. The van der Waals surface area contributed by atoms with Crippen LogP contribution in [0.25, 0.3) is 5.57 Å². The van der Waals surface area contributed by atoms with Gasteiger partial charge in [0.15, 0.2) is 0 Å². The molecule has 3 heterocycles. The third-order valence-electron chi connectivity index (χ3n) is 4.38. The largest absolute Gasteiger partial charge is 0.361 e. The molecule has 0 aliphatic carbocycles. The normalized spacial score (nSPS) is 16.4. The van der Waals surface area contributed by atoms with E-state index in [9.17, 15) is 0 Å². The molecule has 1 N–H and O–H groups in total. The second kappa shape index (κ2) is 7.08. The second-order valence-electron chi connectivity index (χ2n) is 6.02. The molecule has 0 fully saturated rings. The number of aromatic amines is 1. The van der Waals surface area contributed by atoms with Crippen molar-refractivity contribution in [3.05, 3.63) is 94.5 Å². The highest BCUT2D eigenvalue weighted by Crippen LogP contribution is 2.33. The van der Waals surface area contributed by atoms with E-state index in [1.54, 1.807) is 6.20 Å². The first-order valence-electron chi connectivity index (χ1n) is 8.41. The Hall–Kier alpha value is -2.65. The molecule has 1 aromatic carbocycles. The van der Waals surface area contributed by atoms with Gasteiger partial charge in [0, 0.05) is 47.0 Å². The molecule has 0 atom stereocenters. The van der Waals surface area contributed by atoms with Crippen LogP contribution in [0, 0.1) is 0 Å². The number of halogens is 1. The van der Waals surface area contributed by atoms with E-state index in [-0.39, 0.29) is 0 Å². The summed E-state index contributed by atoms with van der Waals surface area (Å²) in [6.07, 6.45) is 7.68. The molecule has 0 radical (unpaired) electrons. The fourth-order valence-electron chi connectivity index (χ4n) is 3.27. The van der Waals surface area contributed by atoms with Crippen molar-refractivity contribution in [1.29, 1.82) is 0 Å². The summed E-state index contributed by atoms with van der Waals surface area (Å²) in [4.78, 5) is 12.5. The Bertz CT molecular complexity index is 908. The standard InChI is InChI=1S/C21H18ClN3/c22-17-9-7-15(8-10-17)20(19-6-3-12-24-19)18-5-2-13-25-21(18)16-4-1-11-23-14-16/h1,3-4,6-12,14,24H,2,5,13H2. The van der Waals surface area contributed by atoms with E-state index in [1.165, 1.54) is 11.1 Å². The number of pyridine rings is 1. The van der Waals surface area contributed by atoms with Crippen LogP contribution >= 0.6 is 11.6 Å². The minimum absolute atomic E-state index is 0.740. The van der Waals surface area contributed by atoms with E-state index < -0.39 is 0 Å². The first kappa shape index (κ1) is 15.9. The first-order chi connectivity index (χ1) is 12.3. The molecule has 0 amide bonds. The Morgan fingerprint density at radius 2 is 1.92 bits per heavy atom. The first-order valence-corrected chi connectivity index (χ1v) is 8.79. The number of hydrogen-bond acceptors (Lipinski definition) is 2. The summed E-state index contributed by atoms with van der Waals surface area (Å²) < 4.78 is 0. The minimum Gasteiger partial charge on any atom is -0.361 e. The van der Waals surface area contributed by atoms with Crippen molar-refractivity contribution in [2.75, 3.05) is 6.54 Å². The molecule has 124 valence electrons. The molecule has 3 aromatic rings. The zero-order chi connectivity index (χ0) is 17.1. The van der Waals surface area contributed by atoms with Crippen LogP contribution in [-0.4, -0.2) is 22.2 Å². The number of rotatable bonds is 3. The molecule has 2 aromatic heterocycles. The third-order valence-corrected chi connectivity index (χ3v) is 4.63. The molecule has 4 rings (SSSR count). The van der Waals surface area contributed by atoms with E-state index in [4.69, 9.17) is 16.6 Å². The molecule has 3 nitrogen and oxygen atoms in total. The van der Waals surface area contributed by atoms with Crippen molar-refractivity contribution < 1.29 is 0 Å². The number of aromatic nitrogens is 2. The van der Waals surface area contributed by atoms with Crippen molar-refractivity contribution in [3.63, 3.8) is 0 Å².